The molecule has 2 N–H and O–H groups in total. The first-order valence-corrected chi connectivity index (χ1v) is 12.0. The average Bonchev–Trinajstić information content (AvgIpc) is 2.86. The first-order chi connectivity index (χ1) is 17.3. The van der Waals surface area contributed by atoms with E-state index in [1.807, 2.05) is 0 Å². The molecule has 2 aromatic rings. The smallest absolute Gasteiger partial charge is 0.338 e. The zero-order valence-corrected chi connectivity index (χ0v) is 20.7. The second-order valence-electron chi connectivity index (χ2n) is 9.05. The van der Waals surface area contributed by atoms with Crippen molar-refractivity contribution < 1.29 is 19.2 Å². The molecule has 2 amide bonds. The predicted molar refractivity (Wildman–Crippen MR) is 136 cm³/mol. The highest BCUT2D eigenvalue weighted by Crippen LogP contribution is 2.30. The van der Waals surface area contributed by atoms with E-state index in [4.69, 9.17) is 4.74 Å². The summed E-state index contributed by atoms with van der Waals surface area (Å²) in [6, 6.07) is 11.1. The van der Waals surface area contributed by atoms with Crippen molar-refractivity contribution in [3.05, 3.63) is 80.5 Å². The third-order valence-corrected chi connectivity index (χ3v) is 6.55. The van der Waals surface area contributed by atoms with Crippen LogP contribution < -0.4 is 15.5 Å². The van der Waals surface area contributed by atoms with Crippen molar-refractivity contribution in [2.24, 2.45) is 0 Å². The Kier molecular flexibility index (Phi) is 7.54. The highest BCUT2D eigenvalue weighted by Gasteiger charge is 2.35. The maximum absolute atomic E-state index is 13.0. The van der Waals surface area contributed by atoms with Crippen molar-refractivity contribution >= 4 is 23.4 Å². The Bertz CT molecular complexity index is 1190. The van der Waals surface area contributed by atoms with Crippen LogP contribution in [0.4, 0.5) is 16.2 Å². The summed E-state index contributed by atoms with van der Waals surface area (Å²) in [6.07, 6.45) is 0. The fraction of sp³-hybridized carbons (Fsp3) is 0.385. The zero-order chi connectivity index (χ0) is 25.8. The summed E-state index contributed by atoms with van der Waals surface area (Å²) in [6.45, 7) is 9.66. The first-order valence-electron chi connectivity index (χ1n) is 12.0. The Hall–Kier alpha value is -3.92. The van der Waals surface area contributed by atoms with Gasteiger partial charge >= 0.3 is 12.0 Å². The molecule has 2 aliphatic heterocycles. The van der Waals surface area contributed by atoms with Gasteiger partial charge in [-0.3, -0.25) is 15.0 Å². The molecule has 1 unspecified atom stereocenters. The van der Waals surface area contributed by atoms with Crippen LogP contribution in [0.2, 0.25) is 0 Å². The van der Waals surface area contributed by atoms with Crippen LogP contribution in [-0.2, 0) is 9.53 Å². The number of nitro benzene ring substituents is 1. The number of nitrogens with zero attached hydrogens (tertiary/aromatic N) is 3. The average molecular weight is 494 g/mol. The molecule has 10 nitrogen and oxygen atoms in total. The highest BCUT2D eigenvalue weighted by atomic mass is 16.6. The van der Waals surface area contributed by atoms with Gasteiger partial charge in [-0.1, -0.05) is 12.1 Å². The van der Waals surface area contributed by atoms with Gasteiger partial charge in [0.2, 0.25) is 0 Å². The quantitative estimate of drug-likeness (QED) is 0.346. The van der Waals surface area contributed by atoms with Crippen molar-refractivity contribution in [3.63, 3.8) is 0 Å². The molecule has 2 aromatic carbocycles. The number of esters is 1. The molecule has 0 saturated carbocycles. The van der Waals surface area contributed by atoms with Gasteiger partial charge in [0.05, 0.1) is 23.1 Å². The number of amides is 2. The van der Waals surface area contributed by atoms with Crippen LogP contribution in [0.1, 0.15) is 29.7 Å². The molecular formula is C26H31N5O5. The van der Waals surface area contributed by atoms with E-state index in [2.05, 4.69) is 52.5 Å². The number of nitrogens with one attached hydrogen (secondary N) is 2. The number of carbonyl (C=O) groups is 2. The number of carbonyl (C=O) groups excluding carboxylic acids is 2. The molecule has 0 radical (unpaired) electrons. The number of anilines is 1. The molecule has 0 aromatic heterocycles. The Morgan fingerprint density at radius 2 is 1.81 bits per heavy atom. The molecule has 4 rings (SSSR count). The molecule has 190 valence electrons. The van der Waals surface area contributed by atoms with Gasteiger partial charge in [0.25, 0.3) is 5.69 Å². The van der Waals surface area contributed by atoms with Crippen LogP contribution in [-0.4, -0.2) is 61.2 Å². The largest absolute Gasteiger partial charge is 0.463 e. The molecule has 36 heavy (non-hydrogen) atoms. The van der Waals surface area contributed by atoms with Gasteiger partial charge in [0, 0.05) is 56.2 Å². The molecular weight excluding hydrogens is 462 g/mol. The fourth-order valence-electron chi connectivity index (χ4n) is 4.66. The molecule has 0 spiro atoms. The van der Waals surface area contributed by atoms with Gasteiger partial charge in [-0.05, 0) is 55.7 Å². The molecule has 2 aliphatic rings. The lowest BCUT2D eigenvalue weighted by molar-refractivity contribution is -0.384. The molecule has 1 atom stereocenters. The van der Waals surface area contributed by atoms with Crippen molar-refractivity contribution in [3.8, 4) is 0 Å². The number of benzene rings is 2. The van der Waals surface area contributed by atoms with Crippen molar-refractivity contribution in [2.75, 3.05) is 44.2 Å². The maximum Gasteiger partial charge on any atom is 0.338 e. The van der Waals surface area contributed by atoms with E-state index >= 15 is 0 Å². The SMILES string of the molecule is CCOC(=O)C1=C(CN2CCN(c3cc(C)ccc3C)CC2)NC(=O)NC1c1ccc([N+](=O)[O-])cc1. The Balaban J connectivity index is 1.57. The molecule has 10 heteroatoms. The molecule has 0 bridgehead atoms. The summed E-state index contributed by atoms with van der Waals surface area (Å²) in [5.41, 5.74) is 4.98. The first kappa shape index (κ1) is 25.2. The summed E-state index contributed by atoms with van der Waals surface area (Å²) in [5, 5.41) is 16.6. The third-order valence-electron chi connectivity index (χ3n) is 6.55. The minimum Gasteiger partial charge on any atom is -0.463 e. The van der Waals surface area contributed by atoms with Gasteiger partial charge in [-0.15, -0.1) is 0 Å². The summed E-state index contributed by atoms with van der Waals surface area (Å²) < 4.78 is 5.33. The second-order valence-corrected chi connectivity index (χ2v) is 9.05. The van der Waals surface area contributed by atoms with Gasteiger partial charge in [0.1, 0.15) is 0 Å². The Morgan fingerprint density at radius 3 is 2.44 bits per heavy atom. The maximum atomic E-state index is 13.0. The van der Waals surface area contributed by atoms with Crippen LogP contribution in [0.25, 0.3) is 0 Å². The van der Waals surface area contributed by atoms with Gasteiger partial charge in [0.15, 0.2) is 0 Å². The summed E-state index contributed by atoms with van der Waals surface area (Å²) in [4.78, 5) is 40.7. The second kappa shape index (κ2) is 10.8. The third kappa shape index (κ3) is 5.49. The summed E-state index contributed by atoms with van der Waals surface area (Å²) >= 11 is 0. The summed E-state index contributed by atoms with van der Waals surface area (Å²) in [5.74, 6) is -0.530. The minimum absolute atomic E-state index is 0.0670. The zero-order valence-electron chi connectivity index (χ0n) is 20.7. The van der Waals surface area contributed by atoms with E-state index in [0.717, 1.165) is 26.2 Å². The van der Waals surface area contributed by atoms with Crippen LogP contribution >= 0.6 is 0 Å². The van der Waals surface area contributed by atoms with Gasteiger partial charge < -0.3 is 20.3 Å². The number of hydrogen-bond donors (Lipinski definition) is 2. The van der Waals surface area contributed by atoms with Crippen LogP contribution in [0.3, 0.4) is 0 Å². The van der Waals surface area contributed by atoms with E-state index in [9.17, 15) is 19.7 Å². The number of rotatable bonds is 7. The standard InChI is InChI=1S/C26H31N5O5/c1-4-36-25(32)23-21(27-26(33)28-24(23)19-7-9-20(10-8-19)31(34)35)16-29-11-13-30(14-12-29)22-15-17(2)5-6-18(22)3/h5-10,15,24H,4,11-14,16H2,1-3H3,(H2,27,28,33). The summed E-state index contributed by atoms with van der Waals surface area (Å²) in [7, 11) is 0. The topological polar surface area (TPSA) is 117 Å². The number of non-ortho nitro benzene ring substituents is 1. The molecule has 1 saturated heterocycles. The predicted octanol–water partition coefficient (Wildman–Crippen LogP) is 3.20. The number of piperazine rings is 1. The molecule has 1 fully saturated rings. The minimum atomic E-state index is -0.773. The lowest BCUT2D eigenvalue weighted by atomic mass is 9.94. The van der Waals surface area contributed by atoms with E-state index in [-0.39, 0.29) is 12.3 Å². The van der Waals surface area contributed by atoms with E-state index in [0.29, 0.717) is 23.4 Å². The number of hydrogen-bond acceptors (Lipinski definition) is 7. The monoisotopic (exact) mass is 493 g/mol. The van der Waals surface area contributed by atoms with E-state index in [1.165, 1.54) is 28.9 Å². The van der Waals surface area contributed by atoms with Crippen LogP contribution in [0.15, 0.2) is 53.7 Å². The van der Waals surface area contributed by atoms with Crippen LogP contribution in [0, 0.1) is 24.0 Å². The van der Waals surface area contributed by atoms with E-state index in [1.54, 1.807) is 19.1 Å². The van der Waals surface area contributed by atoms with Crippen molar-refractivity contribution in [1.82, 2.24) is 15.5 Å². The highest BCUT2D eigenvalue weighted by molar-refractivity contribution is 5.95. The van der Waals surface area contributed by atoms with Gasteiger partial charge in [-0.25, -0.2) is 9.59 Å². The normalized spacial score (nSPS) is 18.5. The number of aryl methyl sites for hydroxylation is 2. The Labute approximate surface area is 210 Å². The molecule has 2 heterocycles. The lowest BCUT2D eigenvalue weighted by Gasteiger charge is -2.38. The van der Waals surface area contributed by atoms with Crippen molar-refractivity contribution in [1.29, 1.82) is 0 Å². The van der Waals surface area contributed by atoms with Crippen LogP contribution in [0.5, 0.6) is 0 Å². The van der Waals surface area contributed by atoms with Gasteiger partial charge in [-0.2, -0.15) is 0 Å². The number of urea groups is 1. The Morgan fingerprint density at radius 1 is 1.11 bits per heavy atom. The lowest BCUT2D eigenvalue weighted by Crippen LogP contribution is -2.52. The van der Waals surface area contributed by atoms with E-state index < -0.39 is 23.0 Å². The fourth-order valence-corrected chi connectivity index (χ4v) is 4.66. The number of nitro groups is 1. The van der Waals surface area contributed by atoms with Crippen molar-refractivity contribution in [2.45, 2.75) is 26.8 Å². The number of ether oxygens (including phenoxy) is 1. The molecule has 0 aliphatic carbocycles.